The summed E-state index contributed by atoms with van der Waals surface area (Å²) < 4.78 is 27.1. The highest BCUT2D eigenvalue weighted by molar-refractivity contribution is 7.89. The molecule has 1 unspecified atom stereocenters. The Kier molecular flexibility index (Phi) is 3.15. The second-order valence-electron chi connectivity index (χ2n) is 5.78. The van der Waals surface area contributed by atoms with Crippen LogP contribution in [0.2, 0.25) is 0 Å². The van der Waals surface area contributed by atoms with Crippen LogP contribution in [-0.4, -0.2) is 38.9 Å². The molecule has 2 aliphatic heterocycles. The smallest absolute Gasteiger partial charge is 0.243 e. The summed E-state index contributed by atoms with van der Waals surface area (Å²) in [6, 6.07) is 7.24. The first kappa shape index (κ1) is 13.1. The molecular formula is C14H20N2O2S. The molecule has 0 amide bonds. The predicted molar refractivity (Wildman–Crippen MR) is 74.5 cm³/mol. The first-order valence-electron chi connectivity index (χ1n) is 6.80. The minimum absolute atomic E-state index is 0.176. The summed E-state index contributed by atoms with van der Waals surface area (Å²) in [6.07, 6.45) is 2.07. The zero-order chi connectivity index (χ0) is 13.5. The van der Waals surface area contributed by atoms with Gasteiger partial charge in [0.2, 0.25) is 10.0 Å². The van der Waals surface area contributed by atoms with E-state index in [0.717, 1.165) is 31.5 Å². The quantitative estimate of drug-likeness (QED) is 0.890. The van der Waals surface area contributed by atoms with Crippen LogP contribution in [0, 0.1) is 12.3 Å². The number of aryl methyl sites for hydroxylation is 1. The van der Waals surface area contributed by atoms with Crippen molar-refractivity contribution in [2.75, 3.05) is 26.2 Å². The van der Waals surface area contributed by atoms with Gasteiger partial charge in [-0.2, -0.15) is 4.31 Å². The highest BCUT2D eigenvalue weighted by Gasteiger charge is 2.44. The third-order valence-corrected chi connectivity index (χ3v) is 6.45. The number of nitrogens with zero attached hydrogens (tertiary/aromatic N) is 1. The van der Waals surface area contributed by atoms with Gasteiger partial charge in [-0.3, -0.25) is 0 Å². The Bertz CT molecular complexity index is 577. The van der Waals surface area contributed by atoms with Crippen molar-refractivity contribution in [3.63, 3.8) is 0 Å². The number of nitrogens with one attached hydrogen (secondary N) is 1. The number of hydrogen-bond donors (Lipinski definition) is 1. The molecule has 4 nitrogen and oxygen atoms in total. The molecule has 1 N–H and O–H groups in total. The van der Waals surface area contributed by atoms with E-state index in [1.165, 1.54) is 0 Å². The highest BCUT2D eigenvalue weighted by Crippen LogP contribution is 2.38. The Balaban J connectivity index is 1.88. The second kappa shape index (κ2) is 4.58. The summed E-state index contributed by atoms with van der Waals surface area (Å²) in [5, 5.41) is 3.36. The fraction of sp³-hybridized carbons (Fsp3) is 0.571. The molecule has 1 atom stereocenters. The molecule has 0 aromatic heterocycles. The largest absolute Gasteiger partial charge is 0.316 e. The van der Waals surface area contributed by atoms with E-state index < -0.39 is 10.0 Å². The third kappa shape index (κ3) is 2.20. The summed E-state index contributed by atoms with van der Waals surface area (Å²) >= 11 is 0. The molecule has 2 aliphatic rings. The van der Waals surface area contributed by atoms with Gasteiger partial charge in [0.05, 0.1) is 4.90 Å². The van der Waals surface area contributed by atoms with Gasteiger partial charge >= 0.3 is 0 Å². The van der Waals surface area contributed by atoms with Crippen molar-refractivity contribution in [2.45, 2.75) is 24.7 Å². The highest BCUT2D eigenvalue weighted by atomic mass is 32.2. The second-order valence-corrected chi connectivity index (χ2v) is 7.69. The van der Waals surface area contributed by atoms with Crippen LogP contribution in [0.15, 0.2) is 29.2 Å². The zero-order valence-electron chi connectivity index (χ0n) is 11.2. The van der Waals surface area contributed by atoms with Crippen molar-refractivity contribution in [1.29, 1.82) is 0 Å². The lowest BCUT2D eigenvalue weighted by atomic mass is 9.87. The topological polar surface area (TPSA) is 49.4 Å². The molecule has 0 aliphatic carbocycles. The van der Waals surface area contributed by atoms with E-state index in [1.54, 1.807) is 16.4 Å². The number of hydrogen-bond acceptors (Lipinski definition) is 3. The summed E-state index contributed by atoms with van der Waals surface area (Å²) in [7, 11) is -3.33. The monoisotopic (exact) mass is 280 g/mol. The number of benzene rings is 1. The Morgan fingerprint density at radius 2 is 2.05 bits per heavy atom. The number of sulfonamides is 1. The average molecular weight is 280 g/mol. The van der Waals surface area contributed by atoms with E-state index in [0.29, 0.717) is 18.0 Å². The fourth-order valence-electron chi connectivity index (χ4n) is 3.23. The summed E-state index contributed by atoms with van der Waals surface area (Å²) in [5.41, 5.74) is 1.00. The van der Waals surface area contributed by atoms with Gasteiger partial charge in [0.15, 0.2) is 0 Å². The van der Waals surface area contributed by atoms with Crippen LogP contribution in [0.5, 0.6) is 0 Å². The molecule has 2 fully saturated rings. The maximum absolute atomic E-state index is 12.7. The van der Waals surface area contributed by atoms with Crippen LogP contribution in [-0.2, 0) is 10.0 Å². The lowest BCUT2D eigenvalue weighted by Crippen LogP contribution is -2.33. The predicted octanol–water partition coefficient (Wildman–Crippen LogP) is 1.37. The molecule has 0 radical (unpaired) electrons. The SMILES string of the molecule is Cc1ccccc1S(=O)(=O)N1CCC2(CCNC2)C1. The first-order chi connectivity index (χ1) is 9.04. The molecule has 1 aromatic rings. The van der Waals surface area contributed by atoms with Gasteiger partial charge in [0.25, 0.3) is 0 Å². The minimum atomic E-state index is -3.33. The van der Waals surface area contributed by atoms with E-state index in [1.807, 2.05) is 19.1 Å². The summed E-state index contributed by atoms with van der Waals surface area (Å²) in [5.74, 6) is 0. The van der Waals surface area contributed by atoms with Crippen LogP contribution < -0.4 is 5.32 Å². The van der Waals surface area contributed by atoms with E-state index >= 15 is 0 Å². The molecule has 0 bridgehead atoms. The molecule has 1 aromatic carbocycles. The summed E-state index contributed by atoms with van der Waals surface area (Å²) in [6.45, 7) is 5.13. The van der Waals surface area contributed by atoms with Gasteiger partial charge in [-0.25, -0.2) is 8.42 Å². The van der Waals surface area contributed by atoms with Crippen molar-refractivity contribution < 1.29 is 8.42 Å². The molecule has 1 spiro atoms. The average Bonchev–Trinajstić information content (AvgIpc) is 3.01. The standard InChI is InChI=1S/C14H20N2O2S/c1-12-4-2-3-5-13(12)19(17,18)16-9-7-14(11-16)6-8-15-10-14/h2-5,15H,6-11H2,1H3. The molecular weight excluding hydrogens is 260 g/mol. The van der Waals surface area contributed by atoms with Crippen molar-refractivity contribution in [3.05, 3.63) is 29.8 Å². The molecule has 2 saturated heterocycles. The van der Waals surface area contributed by atoms with Crippen LogP contribution in [0.1, 0.15) is 18.4 Å². The van der Waals surface area contributed by atoms with Crippen LogP contribution in [0.4, 0.5) is 0 Å². The van der Waals surface area contributed by atoms with E-state index in [-0.39, 0.29) is 5.41 Å². The maximum Gasteiger partial charge on any atom is 0.243 e. The normalized spacial score (nSPS) is 28.3. The Morgan fingerprint density at radius 1 is 1.26 bits per heavy atom. The van der Waals surface area contributed by atoms with E-state index in [9.17, 15) is 8.42 Å². The van der Waals surface area contributed by atoms with Gasteiger partial charge in [0.1, 0.15) is 0 Å². The van der Waals surface area contributed by atoms with Crippen LogP contribution in [0.3, 0.4) is 0 Å². The Labute approximate surface area is 114 Å². The molecule has 0 saturated carbocycles. The van der Waals surface area contributed by atoms with Gasteiger partial charge in [-0.1, -0.05) is 18.2 Å². The van der Waals surface area contributed by atoms with Crippen molar-refractivity contribution >= 4 is 10.0 Å². The molecule has 2 heterocycles. The summed E-state index contributed by atoms with van der Waals surface area (Å²) in [4.78, 5) is 0.456. The fourth-order valence-corrected chi connectivity index (χ4v) is 5.01. The van der Waals surface area contributed by atoms with Crippen molar-refractivity contribution in [3.8, 4) is 0 Å². The van der Waals surface area contributed by atoms with E-state index in [4.69, 9.17) is 0 Å². The first-order valence-corrected chi connectivity index (χ1v) is 8.24. The van der Waals surface area contributed by atoms with Gasteiger partial charge in [-0.15, -0.1) is 0 Å². The van der Waals surface area contributed by atoms with Gasteiger partial charge in [0, 0.05) is 19.6 Å². The van der Waals surface area contributed by atoms with Gasteiger partial charge < -0.3 is 5.32 Å². The third-order valence-electron chi connectivity index (χ3n) is 4.45. The Morgan fingerprint density at radius 3 is 2.74 bits per heavy atom. The van der Waals surface area contributed by atoms with Crippen molar-refractivity contribution in [2.24, 2.45) is 5.41 Å². The maximum atomic E-state index is 12.7. The molecule has 5 heteroatoms. The van der Waals surface area contributed by atoms with Crippen molar-refractivity contribution in [1.82, 2.24) is 9.62 Å². The van der Waals surface area contributed by atoms with E-state index in [2.05, 4.69) is 5.32 Å². The minimum Gasteiger partial charge on any atom is -0.316 e. The van der Waals surface area contributed by atoms with Crippen LogP contribution in [0.25, 0.3) is 0 Å². The lowest BCUT2D eigenvalue weighted by molar-refractivity contribution is 0.338. The lowest BCUT2D eigenvalue weighted by Gasteiger charge is -2.23. The number of rotatable bonds is 2. The Hall–Kier alpha value is -0.910. The molecule has 19 heavy (non-hydrogen) atoms. The molecule has 3 rings (SSSR count). The zero-order valence-corrected chi connectivity index (χ0v) is 12.0. The molecule has 104 valence electrons. The van der Waals surface area contributed by atoms with Crippen LogP contribution >= 0.6 is 0 Å². The van der Waals surface area contributed by atoms with Gasteiger partial charge in [-0.05, 0) is 43.4 Å².